The Bertz CT molecular complexity index is 450. The fourth-order valence-corrected chi connectivity index (χ4v) is 2.24. The number of carbonyl (C=O) groups is 1. The van der Waals surface area contributed by atoms with Crippen LogP contribution in [0.4, 0.5) is 11.5 Å². The molecular weight excluding hydrogens is 234 g/mol. The average Bonchev–Trinajstić information content (AvgIpc) is 2.39. The predicted molar refractivity (Wildman–Crippen MR) is 67.6 cm³/mol. The van der Waals surface area contributed by atoms with Crippen LogP contribution in [0, 0.1) is 5.92 Å². The van der Waals surface area contributed by atoms with Gasteiger partial charge in [0, 0.05) is 19.7 Å². The van der Waals surface area contributed by atoms with Gasteiger partial charge in [-0.1, -0.05) is 0 Å². The van der Waals surface area contributed by atoms with Crippen molar-refractivity contribution in [3.05, 3.63) is 17.8 Å². The summed E-state index contributed by atoms with van der Waals surface area (Å²) in [7, 11) is 0. The number of aromatic nitrogens is 1. The van der Waals surface area contributed by atoms with E-state index in [1.807, 2.05) is 4.90 Å². The molecule has 1 aliphatic rings. The van der Waals surface area contributed by atoms with Gasteiger partial charge in [-0.25, -0.2) is 9.78 Å². The van der Waals surface area contributed by atoms with Crippen LogP contribution in [0.25, 0.3) is 0 Å². The van der Waals surface area contributed by atoms with Crippen molar-refractivity contribution in [2.75, 3.05) is 30.3 Å². The van der Waals surface area contributed by atoms with Gasteiger partial charge in [0.25, 0.3) is 0 Å². The van der Waals surface area contributed by atoms with Crippen LogP contribution in [-0.4, -0.2) is 40.9 Å². The highest BCUT2D eigenvalue weighted by molar-refractivity contribution is 5.94. The first-order valence-corrected chi connectivity index (χ1v) is 5.96. The number of nitrogens with two attached hydrogens (primary N) is 1. The zero-order valence-corrected chi connectivity index (χ0v) is 10.0. The molecule has 0 amide bonds. The average molecular weight is 251 g/mol. The van der Waals surface area contributed by atoms with Gasteiger partial charge in [0.1, 0.15) is 5.82 Å². The van der Waals surface area contributed by atoms with E-state index in [4.69, 9.17) is 10.8 Å². The van der Waals surface area contributed by atoms with Crippen LogP contribution in [0.15, 0.2) is 12.3 Å². The van der Waals surface area contributed by atoms with Crippen LogP contribution in [0.2, 0.25) is 0 Å². The van der Waals surface area contributed by atoms with Crippen LogP contribution in [0.3, 0.4) is 0 Å². The van der Waals surface area contributed by atoms with Crippen LogP contribution >= 0.6 is 0 Å². The predicted octanol–water partition coefficient (Wildman–Crippen LogP) is 0.571. The summed E-state index contributed by atoms with van der Waals surface area (Å²) in [6, 6.07) is 1.50. The van der Waals surface area contributed by atoms with E-state index < -0.39 is 5.97 Å². The van der Waals surface area contributed by atoms with Crippen molar-refractivity contribution in [1.82, 2.24) is 4.98 Å². The summed E-state index contributed by atoms with van der Waals surface area (Å²) >= 11 is 0. The molecule has 0 saturated carbocycles. The summed E-state index contributed by atoms with van der Waals surface area (Å²) in [6.45, 7) is 1.68. The van der Waals surface area contributed by atoms with Crippen molar-refractivity contribution in [1.29, 1.82) is 0 Å². The first kappa shape index (κ1) is 12.6. The monoisotopic (exact) mass is 251 g/mol. The van der Waals surface area contributed by atoms with Crippen molar-refractivity contribution in [2.24, 2.45) is 5.92 Å². The summed E-state index contributed by atoms with van der Waals surface area (Å²) in [5, 5.41) is 18.2. The Morgan fingerprint density at radius 1 is 1.61 bits per heavy atom. The molecule has 0 bridgehead atoms. The van der Waals surface area contributed by atoms with Crippen molar-refractivity contribution >= 4 is 17.5 Å². The largest absolute Gasteiger partial charge is 0.478 e. The van der Waals surface area contributed by atoms with Crippen molar-refractivity contribution in [2.45, 2.75) is 12.8 Å². The molecule has 0 aliphatic carbocycles. The van der Waals surface area contributed by atoms with Gasteiger partial charge in [-0.05, 0) is 24.8 Å². The van der Waals surface area contributed by atoms with Gasteiger partial charge in [-0.15, -0.1) is 0 Å². The van der Waals surface area contributed by atoms with Gasteiger partial charge in [0.15, 0.2) is 0 Å². The fraction of sp³-hybridized carbons (Fsp3) is 0.500. The van der Waals surface area contributed by atoms with Gasteiger partial charge < -0.3 is 20.8 Å². The Hall–Kier alpha value is -1.82. The number of nitrogens with zero attached hydrogens (tertiary/aromatic N) is 2. The number of rotatable bonds is 3. The Kier molecular flexibility index (Phi) is 3.66. The minimum Gasteiger partial charge on any atom is -0.478 e. The third-order valence-corrected chi connectivity index (χ3v) is 3.25. The minimum absolute atomic E-state index is 0.0751. The van der Waals surface area contributed by atoms with Crippen LogP contribution < -0.4 is 10.6 Å². The summed E-state index contributed by atoms with van der Waals surface area (Å²) in [4.78, 5) is 17.2. The Morgan fingerprint density at radius 3 is 3.06 bits per heavy atom. The Morgan fingerprint density at radius 2 is 2.39 bits per heavy atom. The van der Waals surface area contributed by atoms with Crippen molar-refractivity contribution in [3.63, 3.8) is 0 Å². The second kappa shape index (κ2) is 5.22. The minimum atomic E-state index is -1.05. The quantitative estimate of drug-likeness (QED) is 0.726. The topological polar surface area (TPSA) is 99.7 Å². The molecule has 1 aromatic rings. The van der Waals surface area contributed by atoms with E-state index in [9.17, 15) is 9.90 Å². The number of carboxylic acid groups (broad SMARTS) is 1. The molecule has 0 spiro atoms. The number of aliphatic hydroxyl groups is 1. The van der Waals surface area contributed by atoms with Gasteiger partial charge in [0.2, 0.25) is 0 Å². The molecule has 1 atom stereocenters. The molecular formula is C12H17N3O3. The lowest BCUT2D eigenvalue weighted by molar-refractivity contribution is 0.0698. The third kappa shape index (κ3) is 2.53. The lowest BCUT2D eigenvalue weighted by Crippen LogP contribution is -2.37. The Balaban J connectivity index is 2.22. The smallest absolute Gasteiger partial charge is 0.337 e. The number of piperidine rings is 1. The van der Waals surface area contributed by atoms with Crippen LogP contribution in [0.5, 0.6) is 0 Å². The molecule has 1 aliphatic heterocycles. The van der Waals surface area contributed by atoms with E-state index in [-0.39, 0.29) is 23.8 Å². The Labute approximate surface area is 105 Å². The highest BCUT2D eigenvalue weighted by Gasteiger charge is 2.21. The summed E-state index contributed by atoms with van der Waals surface area (Å²) in [5.74, 6) is -0.210. The number of pyridine rings is 1. The number of hydrogen-bond acceptors (Lipinski definition) is 5. The first-order chi connectivity index (χ1) is 8.61. The second-order valence-corrected chi connectivity index (χ2v) is 4.57. The lowest BCUT2D eigenvalue weighted by Gasteiger charge is -2.32. The summed E-state index contributed by atoms with van der Waals surface area (Å²) in [5.41, 5.74) is 5.82. The number of hydrogen-bond donors (Lipinski definition) is 3. The molecule has 1 saturated heterocycles. The molecule has 1 aromatic heterocycles. The molecule has 6 nitrogen and oxygen atoms in total. The van der Waals surface area contributed by atoms with Gasteiger partial charge in [0.05, 0.1) is 17.4 Å². The van der Waals surface area contributed by atoms with E-state index in [1.54, 1.807) is 0 Å². The molecule has 1 unspecified atom stereocenters. The van der Waals surface area contributed by atoms with Crippen LogP contribution in [-0.2, 0) is 0 Å². The molecule has 2 heterocycles. The maximum Gasteiger partial charge on any atom is 0.337 e. The maximum absolute atomic E-state index is 11.0. The molecule has 4 N–H and O–H groups in total. The highest BCUT2D eigenvalue weighted by Crippen LogP contribution is 2.23. The van der Waals surface area contributed by atoms with Gasteiger partial charge in [-0.3, -0.25) is 0 Å². The maximum atomic E-state index is 11.0. The molecule has 18 heavy (non-hydrogen) atoms. The van der Waals surface area contributed by atoms with E-state index in [0.717, 1.165) is 19.4 Å². The van der Waals surface area contributed by atoms with E-state index in [2.05, 4.69) is 4.98 Å². The molecule has 0 aromatic carbocycles. The summed E-state index contributed by atoms with van der Waals surface area (Å²) in [6.07, 6.45) is 3.34. The molecule has 6 heteroatoms. The second-order valence-electron chi connectivity index (χ2n) is 4.57. The van der Waals surface area contributed by atoms with E-state index in [0.29, 0.717) is 12.4 Å². The SMILES string of the molecule is Nc1cnc(N2CCCC(CO)C2)cc1C(=O)O. The summed E-state index contributed by atoms with van der Waals surface area (Å²) < 4.78 is 0. The fourth-order valence-electron chi connectivity index (χ4n) is 2.24. The molecule has 98 valence electrons. The van der Waals surface area contributed by atoms with E-state index >= 15 is 0 Å². The first-order valence-electron chi connectivity index (χ1n) is 5.96. The van der Waals surface area contributed by atoms with Crippen LogP contribution in [0.1, 0.15) is 23.2 Å². The number of carboxylic acids is 1. The zero-order chi connectivity index (χ0) is 13.1. The van der Waals surface area contributed by atoms with Gasteiger partial charge >= 0.3 is 5.97 Å². The molecule has 1 fully saturated rings. The van der Waals surface area contributed by atoms with Gasteiger partial charge in [-0.2, -0.15) is 0 Å². The number of aliphatic hydroxyl groups excluding tert-OH is 1. The number of nitrogen functional groups attached to an aromatic ring is 1. The standard InChI is InChI=1S/C12H17N3O3/c13-10-5-14-11(4-9(10)12(17)18)15-3-1-2-8(6-15)7-16/h4-5,8,16H,1-3,6-7,13H2,(H,17,18). The third-order valence-electron chi connectivity index (χ3n) is 3.25. The van der Waals surface area contributed by atoms with Crippen molar-refractivity contribution in [3.8, 4) is 0 Å². The number of anilines is 2. The zero-order valence-electron chi connectivity index (χ0n) is 10.0. The molecule has 0 radical (unpaired) electrons. The molecule has 2 rings (SSSR count). The normalized spacial score (nSPS) is 19.8. The highest BCUT2D eigenvalue weighted by atomic mass is 16.4. The number of aromatic carboxylic acids is 1. The van der Waals surface area contributed by atoms with Crippen molar-refractivity contribution < 1.29 is 15.0 Å². The lowest BCUT2D eigenvalue weighted by atomic mass is 9.99. The van der Waals surface area contributed by atoms with E-state index in [1.165, 1.54) is 12.3 Å².